The number of carboxylic acid groups (broad SMARTS) is 1. The predicted octanol–water partition coefficient (Wildman–Crippen LogP) is 5.19. The van der Waals surface area contributed by atoms with Crippen LogP contribution in [0.2, 0.25) is 0 Å². The van der Waals surface area contributed by atoms with Gasteiger partial charge in [0.2, 0.25) is 5.12 Å². The Balaban J connectivity index is 1.84. The highest BCUT2D eigenvalue weighted by molar-refractivity contribution is 8.14. The first-order chi connectivity index (χ1) is 12.6. The van der Waals surface area contributed by atoms with Crippen LogP contribution in [0.3, 0.4) is 0 Å². The molecule has 3 aromatic rings. The second-order valence-electron chi connectivity index (χ2n) is 5.59. The van der Waals surface area contributed by atoms with Gasteiger partial charge in [0.05, 0.1) is 0 Å². The number of carbonyl (C=O) groups is 2. The van der Waals surface area contributed by atoms with Gasteiger partial charge in [0, 0.05) is 11.1 Å². The summed E-state index contributed by atoms with van der Waals surface area (Å²) in [6, 6.07) is 21.5. The molecule has 0 heterocycles. The molecule has 0 spiro atoms. The number of hydrogen-bond donors (Lipinski definition) is 1. The third-order valence-corrected chi connectivity index (χ3v) is 5.02. The van der Waals surface area contributed by atoms with E-state index in [0.29, 0.717) is 22.3 Å². The van der Waals surface area contributed by atoms with Crippen molar-refractivity contribution in [2.75, 3.05) is 0 Å². The highest BCUT2D eigenvalue weighted by Crippen LogP contribution is 2.33. The molecule has 26 heavy (non-hydrogen) atoms. The maximum absolute atomic E-state index is 13.9. The monoisotopic (exact) mass is 366 g/mol. The van der Waals surface area contributed by atoms with E-state index < -0.39 is 11.2 Å². The second-order valence-corrected chi connectivity index (χ2v) is 6.67. The van der Waals surface area contributed by atoms with Crippen molar-refractivity contribution in [2.45, 2.75) is 5.25 Å². The SMILES string of the molecule is O=C(SC(C(=O)O)c1ccc(-c2ccccc2F)cc1)c1ccccc1. The summed E-state index contributed by atoms with van der Waals surface area (Å²) in [6.45, 7) is 0. The van der Waals surface area contributed by atoms with Gasteiger partial charge in [0.25, 0.3) is 0 Å². The van der Waals surface area contributed by atoms with Crippen molar-refractivity contribution in [1.82, 2.24) is 0 Å². The van der Waals surface area contributed by atoms with E-state index in [1.807, 2.05) is 0 Å². The zero-order chi connectivity index (χ0) is 18.5. The smallest absolute Gasteiger partial charge is 0.321 e. The summed E-state index contributed by atoms with van der Waals surface area (Å²) in [5.41, 5.74) is 2.02. The van der Waals surface area contributed by atoms with Crippen molar-refractivity contribution in [3.05, 3.63) is 95.8 Å². The Bertz CT molecular complexity index is 924. The summed E-state index contributed by atoms with van der Waals surface area (Å²) >= 11 is 0.751. The Morgan fingerprint density at radius 1 is 0.846 bits per heavy atom. The van der Waals surface area contributed by atoms with Gasteiger partial charge in [-0.15, -0.1) is 0 Å². The number of benzene rings is 3. The normalized spacial score (nSPS) is 11.7. The molecule has 0 aromatic heterocycles. The Hall–Kier alpha value is -2.92. The summed E-state index contributed by atoms with van der Waals surface area (Å²) in [6.07, 6.45) is 0. The van der Waals surface area contributed by atoms with E-state index in [9.17, 15) is 19.1 Å². The fourth-order valence-corrected chi connectivity index (χ4v) is 3.42. The molecule has 1 atom stereocenters. The Labute approximate surface area is 154 Å². The van der Waals surface area contributed by atoms with Crippen molar-refractivity contribution < 1.29 is 19.1 Å². The number of rotatable bonds is 5. The van der Waals surface area contributed by atoms with Crippen LogP contribution in [-0.4, -0.2) is 16.2 Å². The van der Waals surface area contributed by atoms with E-state index in [0.717, 1.165) is 11.8 Å². The third kappa shape index (κ3) is 4.00. The molecule has 130 valence electrons. The van der Waals surface area contributed by atoms with Crippen molar-refractivity contribution in [3.63, 3.8) is 0 Å². The lowest BCUT2D eigenvalue weighted by Crippen LogP contribution is -2.11. The molecular weight excluding hydrogens is 351 g/mol. The van der Waals surface area contributed by atoms with Gasteiger partial charge in [-0.25, -0.2) is 4.39 Å². The molecule has 5 heteroatoms. The van der Waals surface area contributed by atoms with Crippen molar-refractivity contribution in [2.24, 2.45) is 0 Å². The van der Waals surface area contributed by atoms with Gasteiger partial charge in [0.15, 0.2) is 0 Å². The van der Waals surface area contributed by atoms with Crippen LogP contribution in [0, 0.1) is 5.82 Å². The lowest BCUT2D eigenvalue weighted by Gasteiger charge is -2.12. The van der Waals surface area contributed by atoms with Crippen molar-refractivity contribution >= 4 is 22.8 Å². The van der Waals surface area contributed by atoms with Gasteiger partial charge >= 0.3 is 5.97 Å². The first kappa shape index (κ1) is 17.9. The molecule has 0 radical (unpaired) electrons. The van der Waals surface area contributed by atoms with Crippen molar-refractivity contribution in [3.8, 4) is 11.1 Å². The predicted molar refractivity (Wildman–Crippen MR) is 101 cm³/mol. The first-order valence-electron chi connectivity index (χ1n) is 7.90. The molecule has 1 unspecified atom stereocenters. The average Bonchev–Trinajstić information content (AvgIpc) is 2.67. The molecule has 0 saturated carbocycles. The molecule has 0 aliphatic rings. The van der Waals surface area contributed by atoms with Crippen LogP contribution in [0.1, 0.15) is 21.2 Å². The summed E-state index contributed by atoms with van der Waals surface area (Å²) < 4.78 is 13.9. The summed E-state index contributed by atoms with van der Waals surface area (Å²) in [7, 11) is 0. The maximum Gasteiger partial charge on any atom is 0.321 e. The Kier molecular flexibility index (Phi) is 5.49. The number of thioether (sulfide) groups is 1. The van der Waals surface area contributed by atoms with Crippen LogP contribution in [0.5, 0.6) is 0 Å². The number of halogens is 1. The topological polar surface area (TPSA) is 54.4 Å². The van der Waals surface area contributed by atoms with Crippen LogP contribution in [0.4, 0.5) is 4.39 Å². The largest absolute Gasteiger partial charge is 0.480 e. The number of aliphatic carboxylic acids is 1. The molecule has 0 bridgehead atoms. The van der Waals surface area contributed by atoms with E-state index in [2.05, 4.69) is 0 Å². The molecule has 0 saturated heterocycles. The lowest BCUT2D eigenvalue weighted by atomic mass is 10.0. The van der Waals surface area contributed by atoms with Crippen molar-refractivity contribution in [1.29, 1.82) is 0 Å². The highest BCUT2D eigenvalue weighted by Gasteiger charge is 2.25. The van der Waals surface area contributed by atoms with Gasteiger partial charge in [-0.1, -0.05) is 84.6 Å². The Morgan fingerprint density at radius 3 is 2.08 bits per heavy atom. The molecule has 0 aliphatic carbocycles. The third-order valence-electron chi connectivity index (χ3n) is 3.86. The zero-order valence-corrected chi connectivity index (χ0v) is 14.4. The number of carboxylic acids is 1. The average molecular weight is 366 g/mol. The quantitative estimate of drug-likeness (QED) is 0.675. The van der Waals surface area contributed by atoms with Crippen LogP contribution in [0.15, 0.2) is 78.9 Å². The van der Waals surface area contributed by atoms with Crippen LogP contribution in [-0.2, 0) is 4.79 Å². The summed E-state index contributed by atoms with van der Waals surface area (Å²) in [5.74, 6) is -1.44. The standard InChI is InChI=1S/C21H15FO3S/c22-18-9-5-4-8-17(18)14-10-12-15(13-11-14)19(20(23)24)26-21(25)16-6-2-1-3-7-16/h1-13,19H,(H,23,24). The van der Waals surface area contributed by atoms with E-state index in [1.54, 1.807) is 72.8 Å². The van der Waals surface area contributed by atoms with Gasteiger partial charge in [0.1, 0.15) is 11.1 Å². The molecule has 0 fully saturated rings. The van der Waals surface area contributed by atoms with E-state index in [-0.39, 0.29) is 10.9 Å². The fourth-order valence-electron chi connectivity index (χ4n) is 2.54. The minimum absolute atomic E-state index is 0.309. The molecule has 3 aromatic carbocycles. The molecule has 0 aliphatic heterocycles. The molecule has 0 amide bonds. The van der Waals surface area contributed by atoms with Gasteiger partial charge in [-0.3, -0.25) is 9.59 Å². The van der Waals surface area contributed by atoms with E-state index in [4.69, 9.17) is 0 Å². The van der Waals surface area contributed by atoms with Crippen LogP contribution in [0.25, 0.3) is 11.1 Å². The minimum Gasteiger partial charge on any atom is -0.480 e. The zero-order valence-electron chi connectivity index (χ0n) is 13.6. The van der Waals surface area contributed by atoms with Gasteiger partial charge < -0.3 is 5.11 Å². The Morgan fingerprint density at radius 2 is 1.46 bits per heavy atom. The van der Waals surface area contributed by atoms with Crippen LogP contribution < -0.4 is 0 Å². The second kappa shape index (κ2) is 7.97. The fraction of sp³-hybridized carbons (Fsp3) is 0.0476. The summed E-state index contributed by atoms with van der Waals surface area (Å²) in [4.78, 5) is 24.0. The highest BCUT2D eigenvalue weighted by atomic mass is 32.2. The molecule has 3 nitrogen and oxygen atoms in total. The first-order valence-corrected chi connectivity index (χ1v) is 8.78. The lowest BCUT2D eigenvalue weighted by molar-refractivity contribution is -0.136. The molecular formula is C21H15FO3S. The minimum atomic E-state index is -1.10. The number of carbonyl (C=O) groups excluding carboxylic acids is 1. The van der Waals surface area contributed by atoms with E-state index in [1.165, 1.54) is 6.07 Å². The summed E-state index contributed by atoms with van der Waals surface area (Å²) in [5, 5.41) is 8.18. The van der Waals surface area contributed by atoms with Gasteiger partial charge in [-0.05, 0) is 17.2 Å². The van der Waals surface area contributed by atoms with Crippen LogP contribution >= 0.6 is 11.8 Å². The van der Waals surface area contributed by atoms with E-state index >= 15 is 0 Å². The number of hydrogen-bond acceptors (Lipinski definition) is 3. The van der Waals surface area contributed by atoms with Gasteiger partial charge in [-0.2, -0.15) is 0 Å². The maximum atomic E-state index is 13.9. The molecule has 3 rings (SSSR count). The molecule has 1 N–H and O–H groups in total.